The Labute approximate surface area is 122 Å². The summed E-state index contributed by atoms with van der Waals surface area (Å²) in [5.41, 5.74) is 1.75. The first kappa shape index (κ1) is 15.1. The fourth-order valence-corrected chi connectivity index (χ4v) is 2.17. The average molecular weight is 287 g/mol. The molecule has 0 aliphatic carbocycles. The highest BCUT2D eigenvalue weighted by Crippen LogP contribution is 2.20. The smallest absolute Gasteiger partial charge is 0.273 e. The minimum atomic E-state index is -0.378. The number of aliphatic hydroxyl groups is 1. The summed E-state index contributed by atoms with van der Waals surface area (Å²) in [5, 5.41) is 20.2. The Kier molecular flexibility index (Phi) is 5.36. The number of hydrogen-bond acceptors (Lipinski definition) is 5. The first-order valence-corrected chi connectivity index (χ1v) is 6.65. The third-order valence-electron chi connectivity index (χ3n) is 3.13. The van der Waals surface area contributed by atoms with Crippen molar-refractivity contribution in [3.8, 4) is 0 Å². The molecule has 1 heterocycles. The summed E-state index contributed by atoms with van der Waals surface area (Å²) >= 11 is 0. The van der Waals surface area contributed by atoms with Crippen molar-refractivity contribution in [3.63, 3.8) is 0 Å². The summed E-state index contributed by atoms with van der Waals surface area (Å²) in [5.74, 6) is 0. The second-order valence-electron chi connectivity index (χ2n) is 4.68. The van der Waals surface area contributed by atoms with E-state index >= 15 is 0 Å². The van der Waals surface area contributed by atoms with Crippen LogP contribution < -0.4 is 0 Å². The van der Waals surface area contributed by atoms with Crippen LogP contribution in [-0.2, 0) is 13.1 Å². The Bertz CT molecular complexity index is 590. The van der Waals surface area contributed by atoms with Gasteiger partial charge in [-0.15, -0.1) is 0 Å². The molecule has 0 aliphatic rings. The predicted molar refractivity (Wildman–Crippen MR) is 78.5 cm³/mol. The third kappa shape index (κ3) is 4.34. The van der Waals surface area contributed by atoms with Crippen molar-refractivity contribution in [2.24, 2.45) is 0 Å². The van der Waals surface area contributed by atoms with Crippen LogP contribution in [0.3, 0.4) is 0 Å². The topological polar surface area (TPSA) is 79.5 Å². The van der Waals surface area contributed by atoms with Crippen LogP contribution >= 0.6 is 0 Å². The fourth-order valence-electron chi connectivity index (χ4n) is 2.17. The quantitative estimate of drug-likeness (QED) is 0.622. The minimum absolute atomic E-state index is 0.000886. The fraction of sp³-hybridized carbons (Fsp3) is 0.267. The predicted octanol–water partition coefficient (Wildman–Crippen LogP) is 1.98. The van der Waals surface area contributed by atoms with Crippen molar-refractivity contribution in [3.05, 3.63) is 70.0 Å². The van der Waals surface area contributed by atoms with Crippen molar-refractivity contribution in [2.45, 2.75) is 13.1 Å². The zero-order valence-corrected chi connectivity index (χ0v) is 11.6. The number of pyridine rings is 1. The molecule has 6 nitrogen and oxygen atoms in total. The van der Waals surface area contributed by atoms with Gasteiger partial charge < -0.3 is 5.11 Å². The van der Waals surface area contributed by atoms with Gasteiger partial charge in [0.2, 0.25) is 0 Å². The van der Waals surface area contributed by atoms with Gasteiger partial charge in [0.05, 0.1) is 11.5 Å². The summed E-state index contributed by atoms with van der Waals surface area (Å²) in [6.07, 6.45) is 3.45. The number of rotatable bonds is 7. The maximum atomic E-state index is 11.0. The molecule has 2 aromatic rings. The van der Waals surface area contributed by atoms with Gasteiger partial charge in [-0.2, -0.15) is 0 Å². The maximum Gasteiger partial charge on any atom is 0.273 e. The lowest BCUT2D eigenvalue weighted by atomic mass is 10.1. The van der Waals surface area contributed by atoms with E-state index in [1.54, 1.807) is 30.6 Å². The largest absolute Gasteiger partial charge is 0.395 e. The Morgan fingerprint density at radius 2 is 2.00 bits per heavy atom. The van der Waals surface area contributed by atoms with Crippen molar-refractivity contribution < 1.29 is 10.0 Å². The molecule has 0 amide bonds. The molecule has 110 valence electrons. The summed E-state index contributed by atoms with van der Waals surface area (Å²) in [7, 11) is 0. The number of aliphatic hydroxyl groups excluding tert-OH is 1. The van der Waals surface area contributed by atoms with Crippen LogP contribution in [0.25, 0.3) is 0 Å². The summed E-state index contributed by atoms with van der Waals surface area (Å²) in [4.78, 5) is 16.7. The molecule has 0 saturated carbocycles. The average Bonchev–Trinajstić information content (AvgIpc) is 2.49. The van der Waals surface area contributed by atoms with Gasteiger partial charge in [-0.1, -0.05) is 24.3 Å². The van der Waals surface area contributed by atoms with Crippen molar-refractivity contribution in [1.82, 2.24) is 9.88 Å². The molecule has 0 saturated heterocycles. The molecule has 2 rings (SSSR count). The molecular weight excluding hydrogens is 270 g/mol. The molecule has 0 aliphatic heterocycles. The van der Waals surface area contributed by atoms with Gasteiger partial charge in [0, 0.05) is 43.7 Å². The third-order valence-corrected chi connectivity index (χ3v) is 3.13. The molecule has 6 heteroatoms. The molecule has 21 heavy (non-hydrogen) atoms. The first-order chi connectivity index (χ1) is 10.2. The molecule has 0 radical (unpaired) electrons. The van der Waals surface area contributed by atoms with E-state index in [9.17, 15) is 15.2 Å². The number of aromatic nitrogens is 1. The molecule has 1 N–H and O–H groups in total. The first-order valence-electron chi connectivity index (χ1n) is 6.65. The van der Waals surface area contributed by atoms with Crippen LogP contribution in [0.15, 0.2) is 48.8 Å². The van der Waals surface area contributed by atoms with Crippen LogP contribution in [0.1, 0.15) is 11.1 Å². The van der Waals surface area contributed by atoms with Crippen LogP contribution in [0.4, 0.5) is 5.69 Å². The lowest BCUT2D eigenvalue weighted by molar-refractivity contribution is -0.385. The highest BCUT2D eigenvalue weighted by atomic mass is 16.6. The maximum absolute atomic E-state index is 11.0. The molecule has 0 bridgehead atoms. The summed E-state index contributed by atoms with van der Waals surface area (Å²) < 4.78 is 0. The van der Waals surface area contributed by atoms with E-state index in [2.05, 4.69) is 4.98 Å². The lowest BCUT2D eigenvalue weighted by Gasteiger charge is -2.21. The zero-order valence-electron chi connectivity index (χ0n) is 11.6. The van der Waals surface area contributed by atoms with Crippen LogP contribution in [0, 0.1) is 10.1 Å². The second kappa shape index (κ2) is 7.47. The van der Waals surface area contributed by atoms with Crippen molar-refractivity contribution in [2.75, 3.05) is 13.2 Å². The van der Waals surface area contributed by atoms with Gasteiger partial charge in [-0.05, 0) is 11.6 Å². The standard InChI is InChI=1S/C15H17N3O3/c19-9-8-17(11-13-4-3-7-16-10-13)12-14-5-1-2-6-15(14)18(20)21/h1-7,10,19H,8-9,11-12H2. The van der Waals surface area contributed by atoms with Crippen molar-refractivity contribution in [1.29, 1.82) is 0 Å². The molecule has 0 fully saturated rings. The minimum Gasteiger partial charge on any atom is -0.395 e. The molecular formula is C15H17N3O3. The van der Waals surface area contributed by atoms with Crippen LogP contribution in [0.2, 0.25) is 0 Å². The normalized spacial score (nSPS) is 10.8. The van der Waals surface area contributed by atoms with Gasteiger partial charge in [0.15, 0.2) is 0 Å². The number of para-hydroxylation sites is 1. The van der Waals surface area contributed by atoms with E-state index in [-0.39, 0.29) is 17.2 Å². The highest BCUT2D eigenvalue weighted by Gasteiger charge is 2.15. The van der Waals surface area contributed by atoms with Crippen LogP contribution in [0.5, 0.6) is 0 Å². The Balaban J connectivity index is 2.15. The number of nitro benzene ring substituents is 1. The Hall–Kier alpha value is -2.31. The Morgan fingerprint density at radius 3 is 2.67 bits per heavy atom. The summed E-state index contributed by atoms with van der Waals surface area (Å²) in [6.45, 7) is 1.44. The monoisotopic (exact) mass is 287 g/mol. The second-order valence-corrected chi connectivity index (χ2v) is 4.68. The molecule has 0 spiro atoms. The van der Waals surface area contributed by atoms with Gasteiger partial charge in [-0.3, -0.25) is 20.0 Å². The lowest BCUT2D eigenvalue weighted by Crippen LogP contribution is -2.26. The van der Waals surface area contributed by atoms with E-state index in [4.69, 9.17) is 0 Å². The molecule has 0 unspecified atom stereocenters. The van der Waals surface area contributed by atoms with Gasteiger partial charge in [0.25, 0.3) is 5.69 Å². The SMILES string of the molecule is O=[N+]([O-])c1ccccc1CN(CCO)Cc1cccnc1. The number of hydrogen-bond donors (Lipinski definition) is 1. The number of benzene rings is 1. The Morgan fingerprint density at radius 1 is 1.19 bits per heavy atom. The van der Waals surface area contributed by atoms with Crippen molar-refractivity contribution >= 4 is 5.69 Å². The molecule has 1 aromatic carbocycles. The van der Waals surface area contributed by atoms with Crippen LogP contribution in [-0.4, -0.2) is 33.1 Å². The van der Waals surface area contributed by atoms with Gasteiger partial charge in [0.1, 0.15) is 0 Å². The summed E-state index contributed by atoms with van der Waals surface area (Å²) in [6, 6.07) is 10.5. The number of nitro groups is 1. The zero-order chi connectivity index (χ0) is 15.1. The molecule has 0 atom stereocenters. The van der Waals surface area contributed by atoms with E-state index in [0.29, 0.717) is 25.2 Å². The van der Waals surface area contributed by atoms with E-state index in [1.165, 1.54) is 6.07 Å². The highest BCUT2D eigenvalue weighted by molar-refractivity contribution is 5.39. The van der Waals surface area contributed by atoms with Gasteiger partial charge >= 0.3 is 0 Å². The van der Waals surface area contributed by atoms with Gasteiger partial charge in [-0.25, -0.2) is 0 Å². The van der Waals surface area contributed by atoms with E-state index in [0.717, 1.165) is 5.56 Å². The molecule has 1 aromatic heterocycles. The number of nitrogens with zero attached hydrogens (tertiary/aromatic N) is 3. The van der Waals surface area contributed by atoms with E-state index < -0.39 is 0 Å². The van der Waals surface area contributed by atoms with E-state index in [1.807, 2.05) is 17.0 Å².